The molecule has 0 fully saturated rings. The summed E-state index contributed by atoms with van der Waals surface area (Å²) in [6.45, 7) is 13.4. The summed E-state index contributed by atoms with van der Waals surface area (Å²) >= 11 is 0. The average Bonchev–Trinajstić information content (AvgIpc) is 2.65. The number of aryl methyl sites for hydroxylation is 3. The van der Waals surface area contributed by atoms with Gasteiger partial charge in [-0.1, -0.05) is 129 Å². The summed E-state index contributed by atoms with van der Waals surface area (Å²) < 4.78 is 29.3. The van der Waals surface area contributed by atoms with Crippen molar-refractivity contribution in [3.63, 3.8) is 0 Å². The van der Waals surface area contributed by atoms with Gasteiger partial charge in [-0.2, -0.15) is 0 Å². The first-order valence-corrected chi connectivity index (χ1v) is 27.9. The molecule has 0 radical (unpaired) electrons. The van der Waals surface area contributed by atoms with Gasteiger partial charge in [0.15, 0.2) is 0 Å². The van der Waals surface area contributed by atoms with E-state index in [9.17, 15) is 0 Å². The van der Waals surface area contributed by atoms with Crippen LogP contribution >= 0.6 is 0 Å². The van der Waals surface area contributed by atoms with Gasteiger partial charge in [-0.3, -0.25) is 0 Å². The SMILES string of the molecule is Cc1cc(C)c(-c2ccc3c(c2)B2c4c(cc(C(C)(C)C)cc4-n4c5ccc6c7cc(-n8c9ccccc9c9ccccc98)ccc7oc6c5c5c6oc7ccc(-n8c9ccccc9c9ccccc98)cc7c6cc2c54)O3)c(C)c1. The van der Waals surface area contributed by atoms with E-state index in [1.807, 2.05) is 0 Å². The van der Waals surface area contributed by atoms with Gasteiger partial charge in [-0.15, -0.1) is 0 Å². The smallest absolute Gasteiger partial charge is 0.256 e. The second-order valence-electron chi connectivity index (χ2n) is 23.8. The molecule has 378 valence electrons. The second-order valence-corrected chi connectivity index (χ2v) is 23.8. The van der Waals surface area contributed by atoms with Crippen molar-refractivity contribution in [2.24, 2.45) is 0 Å². The maximum absolute atomic E-state index is 7.39. The molecule has 16 aromatic rings. The zero-order valence-electron chi connectivity index (χ0n) is 45.1. The van der Waals surface area contributed by atoms with E-state index in [0.29, 0.717) is 0 Å². The van der Waals surface area contributed by atoms with Crippen LogP contribution < -0.4 is 21.1 Å². The Bertz CT molecular complexity index is 5370. The maximum atomic E-state index is 7.39. The predicted octanol–water partition coefficient (Wildman–Crippen LogP) is 17.6. The van der Waals surface area contributed by atoms with Crippen LogP contribution in [0.5, 0.6) is 11.5 Å². The molecule has 0 saturated heterocycles. The fraction of sp³-hybridized carbons (Fsp3) is 0.0959. The quantitative estimate of drug-likeness (QED) is 0.166. The fourth-order valence-corrected chi connectivity index (χ4v) is 14.8. The monoisotopic (exact) mass is 1030 g/mol. The summed E-state index contributed by atoms with van der Waals surface area (Å²) in [6.07, 6.45) is 0. The molecule has 0 bridgehead atoms. The molecule has 0 saturated carbocycles. The Morgan fingerprint density at radius 3 is 1.54 bits per heavy atom. The molecule has 0 amide bonds. The average molecular weight is 1030 g/mol. The number of rotatable bonds is 3. The van der Waals surface area contributed by atoms with Crippen molar-refractivity contribution in [3.8, 4) is 39.7 Å². The summed E-state index contributed by atoms with van der Waals surface area (Å²) in [4.78, 5) is 0. The molecule has 0 spiro atoms. The second kappa shape index (κ2) is 15.3. The van der Waals surface area contributed by atoms with Crippen LogP contribution in [0.1, 0.15) is 43.0 Å². The summed E-state index contributed by atoms with van der Waals surface area (Å²) in [5.41, 5.74) is 24.4. The van der Waals surface area contributed by atoms with Crippen LogP contribution in [0.3, 0.4) is 0 Å². The summed E-state index contributed by atoms with van der Waals surface area (Å²) in [5.74, 6) is 1.78. The van der Waals surface area contributed by atoms with E-state index in [4.69, 9.17) is 13.6 Å². The van der Waals surface area contributed by atoms with Gasteiger partial charge >= 0.3 is 0 Å². The third kappa shape index (κ3) is 5.73. The Hall–Kier alpha value is -9.72. The van der Waals surface area contributed by atoms with Crippen LogP contribution in [-0.2, 0) is 5.41 Å². The number of furan rings is 2. The topological polar surface area (TPSA) is 50.3 Å². The number of aromatic nitrogens is 3. The number of fused-ring (bicyclic) bond motifs is 21. The Kier molecular flexibility index (Phi) is 8.47. The first kappa shape index (κ1) is 44.3. The van der Waals surface area contributed by atoms with Crippen molar-refractivity contribution in [3.05, 3.63) is 216 Å². The molecule has 6 nitrogen and oxygen atoms in total. The molecular formula is C73H50BN3O3. The number of para-hydroxylation sites is 4. The van der Waals surface area contributed by atoms with E-state index >= 15 is 0 Å². The lowest BCUT2D eigenvalue weighted by atomic mass is 9.34. The van der Waals surface area contributed by atoms with Crippen LogP contribution in [0.25, 0.3) is 137 Å². The molecule has 2 aliphatic heterocycles. The lowest BCUT2D eigenvalue weighted by Gasteiger charge is -2.35. The highest BCUT2D eigenvalue weighted by Gasteiger charge is 2.43. The Morgan fingerprint density at radius 2 is 0.963 bits per heavy atom. The van der Waals surface area contributed by atoms with Crippen LogP contribution in [0, 0.1) is 20.8 Å². The van der Waals surface area contributed by atoms with Crippen molar-refractivity contribution in [1.29, 1.82) is 0 Å². The van der Waals surface area contributed by atoms with Crippen LogP contribution in [0.15, 0.2) is 203 Å². The normalized spacial score (nSPS) is 13.2. The van der Waals surface area contributed by atoms with E-state index in [1.54, 1.807) is 0 Å². The lowest BCUT2D eigenvalue weighted by molar-refractivity contribution is 0.483. The van der Waals surface area contributed by atoms with Gasteiger partial charge in [0.05, 0.1) is 43.9 Å². The number of ether oxygens (including phenoxy) is 1. The molecule has 0 N–H and O–H groups in total. The third-order valence-corrected chi connectivity index (χ3v) is 18.1. The molecule has 0 atom stereocenters. The van der Waals surface area contributed by atoms with Crippen molar-refractivity contribution >= 4 is 132 Å². The minimum absolute atomic E-state index is 0.169. The summed E-state index contributed by atoms with van der Waals surface area (Å²) in [5, 5.41) is 11.3. The van der Waals surface area contributed by atoms with E-state index in [-0.39, 0.29) is 12.1 Å². The van der Waals surface area contributed by atoms with Gasteiger partial charge in [0.2, 0.25) is 0 Å². The third-order valence-electron chi connectivity index (χ3n) is 18.1. The fourth-order valence-electron chi connectivity index (χ4n) is 14.8. The number of hydrogen-bond acceptors (Lipinski definition) is 3. The number of nitrogens with zero attached hydrogens (tertiary/aromatic N) is 3. The van der Waals surface area contributed by atoms with Gasteiger partial charge in [-0.25, -0.2) is 0 Å². The molecule has 11 aromatic carbocycles. The zero-order valence-corrected chi connectivity index (χ0v) is 45.1. The first-order valence-electron chi connectivity index (χ1n) is 27.9. The van der Waals surface area contributed by atoms with E-state index < -0.39 is 0 Å². The number of hydrogen-bond donors (Lipinski definition) is 0. The Morgan fingerprint density at radius 1 is 0.412 bits per heavy atom. The van der Waals surface area contributed by atoms with Crippen LogP contribution in [-0.4, -0.2) is 20.4 Å². The van der Waals surface area contributed by atoms with Crippen molar-refractivity contribution in [2.75, 3.05) is 0 Å². The minimum Gasteiger partial charge on any atom is -0.458 e. The molecule has 5 aromatic heterocycles. The van der Waals surface area contributed by atoms with E-state index in [1.165, 1.54) is 87.9 Å². The molecule has 2 aliphatic rings. The Balaban J connectivity index is 0.980. The molecule has 18 rings (SSSR count). The van der Waals surface area contributed by atoms with Crippen molar-refractivity contribution in [1.82, 2.24) is 13.7 Å². The van der Waals surface area contributed by atoms with Gasteiger partial charge in [0.1, 0.15) is 33.8 Å². The predicted molar refractivity (Wildman–Crippen MR) is 334 cm³/mol. The lowest BCUT2D eigenvalue weighted by Crippen LogP contribution is -2.58. The maximum Gasteiger partial charge on any atom is 0.256 e. The molecule has 0 unspecified atom stereocenters. The highest BCUT2D eigenvalue weighted by atomic mass is 16.5. The summed E-state index contributed by atoms with van der Waals surface area (Å²) in [6, 6.07) is 71.6. The molecule has 7 heteroatoms. The van der Waals surface area contributed by atoms with Gasteiger partial charge < -0.3 is 27.3 Å². The van der Waals surface area contributed by atoms with Gasteiger partial charge in [-0.05, 0) is 161 Å². The molecular weight excluding hydrogens is 978 g/mol. The van der Waals surface area contributed by atoms with Gasteiger partial charge in [0.25, 0.3) is 6.71 Å². The van der Waals surface area contributed by atoms with Crippen molar-refractivity contribution < 1.29 is 13.6 Å². The van der Waals surface area contributed by atoms with E-state index in [0.717, 1.165) is 99.7 Å². The molecule has 0 aliphatic carbocycles. The summed E-state index contributed by atoms with van der Waals surface area (Å²) in [7, 11) is 0. The zero-order chi connectivity index (χ0) is 53.2. The molecule has 7 heterocycles. The highest BCUT2D eigenvalue weighted by molar-refractivity contribution is 6.99. The van der Waals surface area contributed by atoms with Gasteiger partial charge in [0, 0.05) is 60.2 Å². The Labute approximate surface area is 460 Å². The van der Waals surface area contributed by atoms with Crippen LogP contribution in [0.4, 0.5) is 0 Å². The van der Waals surface area contributed by atoms with E-state index in [2.05, 4.69) is 249 Å². The standard InChI is InChI=1S/C73H50BN3O3/c1-39-31-40(2)66(41(3)32-39)42-23-28-64-54(33-42)74-55-38-53-52-37-45(76-58-21-13-9-17-48(58)49-18-10-14-22-59(49)76)25-30-63(52)80-72(53)68-67-60(77(70(55)68)61-34-43(73(4,5)6)35-65(78-64)69(61)74)27-26-50-51-36-44(24-29-62(51)79-71(50)67)75-56-19-11-7-15-46(56)47-16-8-12-20-57(47)75/h7-38H,1-6H3. The molecule has 80 heavy (non-hydrogen) atoms. The minimum atomic E-state index is -0.172. The number of benzene rings is 11. The highest BCUT2D eigenvalue weighted by Crippen LogP contribution is 2.49. The largest absolute Gasteiger partial charge is 0.458 e. The first-order chi connectivity index (χ1) is 39.0. The van der Waals surface area contributed by atoms with Crippen molar-refractivity contribution in [2.45, 2.75) is 47.0 Å². The van der Waals surface area contributed by atoms with Crippen LogP contribution in [0.2, 0.25) is 0 Å².